The van der Waals surface area contributed by atoms with E-state index in [1.165, 1.54) is 5.56 Å². The fourth-order valence-electron chi connectivity index (χ4n) is 3.47. The van der Waals surface area contributed by atoms with Crippen molar-refractivity contribution in [3.05, 3.63) is 29.8 Å². The summed E-state index contributed by atoms with van der Waals surface area (Å²) in [6, 6.07) is 8.23. The quantitative estimate of drug-likeness (QED) is 0.623. The van der Waals surface area contributed by atoms with E-state index >= 15 is 0 Å². The fraction of sp³-hybridized carbons (Fsp3) is 0.650. The molecule has 144 valence electrons. The third kappa shape index (κ3) is 5.11. The standard InChI is InChI=1S/C20H31N3O3/c1-3-10-24-17-7-4-6-16(13-17)14-22-20(21-2)23-9-12-26-19(15-23)18-8-5-11-25-18/h4,6-7,13,18-19H,3,5,8-12,14-15H2,1-2H3,(H,21,22). The van der Waals surface area contributed by atoms with Gasteiger partial charge in [0.1, 0.15) is 11.9 Å². The van der Waals surface area contributed by atoms with Crippen molar-refractivity contribution in [3.63, 3.8) is 0 Å². The zero-order chi connectivity index (χ0) is 18.2. The highest BCUT2D eigenvalue weighted by Gasteiger charge is 2.32. The molecule has 0 bridgehead atoms. The lowest BCUT2D eigenvalue weighted by atomic mass is 10.1. The van der Waals surface area contributed by atoms with Crippen molar-refractivity contribution in [3.8, 4) is 5.75 Å². The van der Waals surface area contributed by atoms with Crippen LogP contribution in [0.15, 0.2) is 29.3 Å². The topological polar surface area (TPSA) is 55.3 Å². The molecular weight excluding hydrogens is 330 g/mol. The van der Waals surface area contributed by atoms with Crippen LogP contribution in [-0.4, -0.2) is 63.0 Å². The van der Waals surface area contributed by atoms with Gasteiger partial charge in [-0.2, -0.15) is 0 Å². The minimum absolute atomic E-state index is 0.135. The highest BCUT2D eigenvalue weighted by atomic mass is 16.5. The predicted octanol–water partition coefficient (Wildman–Crippen LogP) is 2.43. The second-order valence-corrected chi connectivity index (χ2v) is 6.80. The molecule has 0 aliphatic carbocycles. The molecule has 2 saturated heterocycles. The third-order valence-electron chi connectivity index (χ3n) is 4.81. The van der Waals surface area contributed by atoms with Crippen molar-refractivity contribution in [2.75, 3.05) is 40.0 Å². The van der Waals surface area contributed by atoms with E-state index in [0.717, 1.165) is 63.8 Å². The maximum Gasteiger partial charge on any atom is 0.194 e. The number of ether oxygens (including phenoxy) is 3. The molecule has 1 N–H and O–H groups in total. The van der Waals surface area contributed by atoms with Gasteiger partial charge in [-0.1, -0.05) is 19.1 Å². The zero-order valence-electron chi connectivity index (χ0n) is 15.9. The lowest BCUT2D eigenvalue weighted by Crippen LogP contribution is -2.53. The first-order chi connectivity index (χ1) is 12.8. The second kappa shape index (κ2) is 9.78. The Morgan fingerprint density at radius 2 is 2.19 bits per heavy atom. The van der Waals surface area contributed by atoms with Crippen molar-refractivity contribution < 1.29 is 14.2 Å². The third-order valence-corrected chi connectivity index (χ3v) is 4.81. The van der Waals surface area contributed by atoms with Crippen molar-refractivity contribution in [2.45, 2.75) is 44.9 Å². The summed E-state index contributed by atoms with van der Waals surface area (Å²) in [5, 5.41) is 3.47. The van der Waals surface area contributed by atoms with Crippen molar-refractivity contribution >= 4 is 5.96 Å². The zero-order valence-corrected chi connectivity index (χ0v) is 15.9. The number of hydrogen-bond acceptors (Lipinski definition) is 4. The summed E-state index contributed by atoms with van der Waals surface area (Å²) in [7, 11) is 1.83. The van der Waals surface area contributed by atoms with Gasteiger partial charge < -0.3 is 24.4 Å². The smallest absolute Gasteiger partial charge is 0.194 e. The van der Waals surface area contributed by atoms with Crippen molar-refractivity contribution in [1.82, 2.24) is 10.2 Å². The van der Waals surface area contributed by atoms with Crippen molar-refractivity contribution in [1.29, 1.82) is 0 Å². The Morgan fingerprint density at radius 3 is 2.96 bits per heavy atom. The molecular formula is C20H31N3O3. The van der Waals surface area contributed by atoms with E-state index in [9.17, 15) is 0 Å². The van der Waals surface area contributed by atoms with Crippen LogP contribution in [0.3, 0.4) is 0 Å². The van der Waals surface area contributed by atoms with Gasteiger partial charge in [-0.05, 0) is 37.0 Å². The van der Waals surface area contributed by atoms with Gasteiger partial charge in [-0.3, -0.25) is 4.99 Å². The Labute approximate surface area is 156 Å². The second-order valence-electron chi connectivity index (χ2n) is 6.80. The summed E-state index contributed by atoms with van der Waals surface area (Å²) in [6.45, 7) is 6.82. The Kier molecular flexibility index (Phi) is 7.14. The van der Waals surface area contributed by atoms with Gasteiger partial charge in [-0.25, -0.2) is 0 Å². The number of aliphatic imine (C=N–C) groups is 1. The summed E-state index contributed by atoms with van der Waals surface area (Å²) in [6.07, 6.45) is 3.60. The van der Waals surface area contributed by atoms with Crippen LogP contribution in [0.4, 0.5) is 0 Å². The Bertz CT molecular complexity index is 587. The number of guanidine groups is 1. The number of nitrogens with zero attached hydrogens (tertiary/aromatic N) is 2. The fourth-order valence-corrected chi connectivity index (χ4v) is 3.47. The molecule has 2 unspecified atom stereocenters. The van der Waals surface area contributed by atoms with Crippen LogP contribution in [0.1, 0.15) is 31.7 Å². The maximum atomic E-state index is 5.94. The summed E-state index contributed by atoms with van der Waals surface area (Å²) >= 11 is 0. The molecule has 2 aliphatic heterocycles. The molecule has 0 aromatic heterocycles. The molecule has 0 amide bonds. The van der Waals surface area contributed by atoms with Crippen LogP contribution in [-0.2, 0) is 16.0 Å². The van der Waals surface area contributed by atoms with Gasteiger partial charge in [0.25, 0.3) is 0 Å². The highest BCUT2D eigenvalue weighted by molar-refractivity contribution is 5.80. The van der Waals surface area contributed by atoms with E-state index in [4.69, 9.17) is 14.2 Å². The van der Waals surface area contributed by atoms with Crippen LogP contribution >= 0.6 is 0 Å². The van der Waals surface area contributed by atoms with E-state index in [2.05, 4.69) is 34.3 Å². The van der Waals surface area contributed by atoms with Crippen LogP contribution in [0.2, 0.25) is 0 Å². The lowest BCUT2D eigenvalue weighted by Gasteiger charge is -2.37. The first-order valence-electron chi connectivity index (χ1n) is 9.70. The predicted molar refractivity (Wildman–Crippen MR) is 103 cm³/mol. The number of morpholine rings is 1. The molecule has 3 rings (SSSR count). The Balaban J connectivity index is 1.54. The van der Waals surface area contributed by atoms with E-state index in [1.807, 2.05) is 19.2 Å². The van der Waals surface area contributed by atoms with Crippen LogP contribution in [0.5, 0.6) is 5.75 Å². The average molecular weight is 361 g/mol. The van der Waals surface area contributed by atoms with Gasteiger partial charge in [0, 0.05) is 33.3 Å². The molecule has 26 heavy (non-hydrogen) atoms. The van der Waals surface area contributed by atoms with Gasteiger partial charge in [0.05, 0.1) is 19.3 Å². The average Bonchev–Trinajstić information content (AvgIpc) is 3.22. The SMILES string of the molecule is CCCOc1cccc(CNC(=NC)N2CCOC(C3CCCO3)C2)c1. The minimum Gasteiger partial charge on any atom is -0.494 e. The molecule has 0 saturated carbocycles. The van der Waals surface area contributed by atoms with E-state index in [0.29, 0.717) is 6.61 Å². The monoisotopic (exact) mass is 361 g/mol. The molecule has 1 aromatic rings. The molecule has 2 aliphatic rings. The molecule has 0 radical (unpaired) electrons. The van der Waals surface area contributed by atoms with Crippen LogP contribution < -0.4 is 10.1 Å². The Morgan fingerprint density at radius 1 is 1.31 bits per heavy atom. The molecule has 2 heterocycles. The van der Waals surface area contributed by atoms with Gasteiger partial charge in [0.2, 0.25) is 0 Å². The first kappa shape index (κ1) is 19.0. The van der Waals surface area contributed by atoms with Crippen LogP contribution in [0, 0.1) is 0 Å². The number of benzene rings is 1. The summed E-state index contributed by atoms with van der Waals surface area (Å²) in [5.74, 6) is 1.84. The van der Waals surface area contributed by atoms with Gasteiger partial charge in [-0.15, -0.1) is 0 Å². The number of nitrogens with one attached hydrogen (secondary N) is 1. The molecule has 6 heteroatoms. The largest absolute Gasteiger partial charge is 0.494 e. The molecule has 2 atom stereocenters. The van der Waals surface area contributed by atoms with Crippen molar-refractivity contribution in [2.24, 2.45) is 4.99 Å². The van der Waals surface area contributed by atoms with E-state index < -0.39 is 0 Å². The Hall–Kier alpha value is -1.79. The first-order valence-corrected chi connectivity index (χ1v) is 9.70. The van der Waals surface area contributed by atoms with Crippen LogP contribution in [0.25, 0.3) is 0 Å². The van der Waals surface area contributed by atoms with E-state index in [1.54, 1.807) is 0 Å². The molecule has 0 spiro atoms. The molecule has 2 fully saturated rings. The minimum atomic E-state index is 0.135. The maximum absolute atomic E-state index is 5.94. The van der Waals surface area contributed by atoms with E-state index in [-0.39, 0.29) is 12.2 Å². The lowest BCUT2D eigenvalue weighted by molar-refractivity contribution is -0.0817. The highest BCUT2D eigenvalue weighted by Crippen LogP contribution is 2.21. The number of hydrogen-bond donors (Lipinski definition) is 1. The van der Waals surface area contributed by atoms with Gasteiger partial charge >= 0.3 is 0 Å². The molecule has 1 aromatic carbocycles. The number of rotatable bonds is 6. The van der Waals surface area contributed by atoms with Gasteiger partial charge in [0.15, 0.2) is 5.96 Å². The summed E-state index contributed by atoms with van der Waals surface area (Å²) in [5.41, 5.74) is 1.18. The summed E-state index contributed by atoms with van der Waals surface area (Å²) in [4.78, 5) is 6.73. The molecule has 6 nitrogen and oxygen atoms in total. The summed E-state index contributed by atoms with van der Waals surface area (Å²) < 4.78 is 17.5. The normalized spacial score (nSPS) is 23.9.